The molecule has 0 saturated heterocycles. The van der Waals surface area contributed by atoms with E-state index in [0.29, 0.717) is 10.6 Å². The maximum absolute atomic E-state index is 14.3. The zero-order chi connectivity index (χ0) is 90.5. The van der Waals surface area contributed by atoms with Crippen molar-refractivity contribution in [1.29, 1.82) is 0 Å². The van der Waals surface area contributed by atoms with Crippen molar-refractivity contribution in [3.63, 3.8) is 0 Å². The van der Waals surface area contributed by atoms with Gasteiger partial charge in [0.25, 0.3) is 34.1 Å². The molecule has 0 aliphatic carbocycles. The Labute approximate surface area is 717 Å². The molecule has 0 aliphatic heterocycles. The number of halogens is 15. The Balaban J connectivity index is 0.000000277. The van der Waals surface area contributed by atoms with Gasteiger partial charge in [0.1, 0.15) is 0 Å². The second kappa shape index (κ2) is 44.7. The number of alkyl halides is 12. The van der Waals surface area contributed by atoms with Crippen LogP contribution in [-0.4, -0.2) is 66.0 Å². The van der Waals surface area contributed by atoms with Crippen LogP contribution in [0.1, 0.15) is 29.2 Å². The van der Waals surface area contributed by atoms with Gasteiger partial charge in [-0.15, -0.1) is 0 Å². The van der Waals surface area contributed by atoms with Crippen LogP contribution in [0.3, 0.4) is 0 Å². The quantitative estimate of drug-likeness (QED) is 0.0190. The SMILES string of the molecule is CCOP(c1ccccc1)c1ccccc1.Nc1cc(C(F)(F)F)cc(N)c1P(=O)(c1ccccc1)c1ccccc1.O.O.O=[N+]([O-])c1cc(C(F)(F)F)cc([N+](=O)[O-])c1Cl.O=[N+]([O-])c1cc(C(F)(F)F)cc([N+](=O)[O-])c1P(=O)(c1ccccc1)c1ccccc1.O=[N+]([O-])c1cc(C(F)(F)F)cc([N+](=O)[O-])c1P(=O)(c1ccccc1)c1ccccc1.[Cl][Sn][Cl]. The average molecular weight is 1980 g/mol. The summed E-state index contributed by atoms with van der Waals surface area (Å²) in [6, 6.07) is 69.5. The fourth-order valence-electron chi connectivity index (χ4n) is 11.6. The summed E-state index contributed by atoms with van der Waals surface area (Å²) in [5.74, 6) is 0. The zero-order valence-corrected chi connectivity index (χ0v) is 71.4. The van der Waals surface area contributed by atoms with Gasteiger partial charge in [0.05, 0.1) is 65.2 Å². The van der Waals surface area contributed by atoms with Gasteiger partial charge in [-0.25, -0.2) is 0 Å². The van der Waals surface area contributed by atoms with Gasteiger partial charge >= 0.3 is 61.4 Å². The third-order valence-corrected chi connectivity index (χ3v) is 28.6. The first-order valence-electron chi connectivity index (χ1n) is 34.0. The monoisotopic (exact) mass is 1970 g/mol. The fraction of sp³-hybridized carbons (Fsp3) is 0.0769. The molecule has 0 spiro atoms. The van der Waals surface area contributed by atoms with Gasteiger partial charge in [0, 0.05) is 96.8 Å². The van der Waals surface area contributed by atoms with Crippen LogP contribution in [0.15, 0.2) is 291 Å². The molecular formula is C78H61Cl3F12N8O18P4Sn. The number of nitro groups is 6. The van der Waals surface area contributed by atoms with Crippen molar-refractivity contribution in [3.05, 3.63) is 379 Å². The molecule has 2 radical (unpaired) electrons. The molecule has 12 rings (SSSR count). The van der Waals surface area contributed by atoms with E-state index in [2.05, 4.69) is 48.5 Å². The molecule has 0 fully saturated rings. The van der Waals surface area contributed by atoms with E-state index in [-0.39, 0.29) is 85.2 Å². The standard InChI is InChI=1S/2C19H12F3N2O5P.C19H16F3N2OP.C14H15OP.C7H2ClF3N2O4.2ClH.2H2O.Sn/c2*20-19(21,22)13-11-16(23(25)26)18(17(12-13)24(27)28)30(29,14-7-3-1-4-8-14)15-9-5-2-6-10-15;20-19(21,22)13-11-16(23)18(17(24)12-13)26(25,14-7-3-1-4-8-14)15-9-5-2-6-10-15;1-2-15-16(13-9-5-3-6-10-13)14-11-7-4-8-12-14;8-6-4(12(14)15)1-3(7(9,10)11)2-5(6)13(16)17;;;;;/h2*1-12H;1-12H,23-24H2;3-12H,2H2,1H3;1-2H;2*1H;2*1H2;/q;;;;;;;;;+2/p-2. The van der Waals surface area contributed by atoms with Crippen molar-refractivity contribution in [3.8, 4) is 0 Å². The van der Waals surface area contributed by atoms with Crippen molar-refractivity contribution in [2.45, 2.75) is 31.6 Å². The Hall–Kier alpha value is -11.5. The van der Waals surface area contributed by atoms with Crippen LogP contribution in [0.2, 0.25) is 5.02 Å². The summed E-state index contributed by atoms with van der Waals surface area (Å²) in [6.07, 6.45) is -19.7. The van der Waals surface area contributed by atoms with Gasteiger partial charge in [0.15, 0.2) is 37.1 Å². The first kappa shape index (κ1) is 103. The van der Waals surface area contributed by atoms with E-state index in [1.165, 1.54) is 108 Å². The van der Waals surface area contributed by atoms with Crippen molar-refractivity contribution in [2.24, 2.45) is 0 Å². The first-order chi connectivity index (χ1) is 57.3. The second-order valence-electron chi connectivity index (χ2n) is 24.4. The number of rotatable bonds is 19. The second-order valence-corrected chi connectivity index (χ2v) is 39.0. The molecule has 12 aromatic rings. The number of hydrogen-bond donors (Lipinski definition) is 2. The number of nitro benzene ring substituents is 6. The first-order valence-corrected chi connectivity index (χ1v) is 48.0. The van der Waals surface area contributed by atoms with Gasteiger partial charge in [0.2, 0.25) is 0 Å². The molecule has 0 aromatic heterocycles. The summed E-state index contributed by atoms with van der Waals surface area (Å²) < 4.78 is 204. The van der Waals surface area contributed by atoms with Crippen molar-refractivity contribution >= 4 is 182 Å². The van der Waals surface area contributed by atoms with Gasteiger partial charge in [-0.2, -0.15) is 52.7 Å². The van der Waals surface area contributed by atoms with Crippen molar-refractivity contribution in [1.82, 2.24) is 0 Å². The molecule has 26 nitrogen and oxygen atoms in total. The summed E-state index contributed by atoms with van der Waals surface area (Å²) in [5, 5.41) is 68.4. The Morgan fingerprint density at radius 3 is 0.677 bits per heavy atom. The van der Waals surface area contributed by atoms with Crippen LogP contribution in [0.25, 0.3) is 0 Å². The molecule has 0 bridgehead atoms. The normalized spacial score (nSPS) is 11.3. The van der Waals surface area contributed by atoms with Crippen LogP contribution in [0.5, 0.6) is 0 Å². The molecule has 8 N–H and O–H groups in total. The number of anilines is 2. The number of nitrogens with zero attached hydrogens (tertiary/aromatic N) is 6. The number of nitrogens with two attached hydrogens (primary N) is 2. The van der Waals surface area contributed by atoms with Crippen LogP contribution >= 0.6 is 59.0 Å². The zero-order valence-electron chi connectivity index (χ0n) is 62.7. The Morgan fingerprint density at radius 1 is 0.331 bits per heavy atom. The van der Waals surface area contributed by atoms with E-state index in [4.69, 9.17) is 45.4 Å². The van der Waals surface area contributed by atoms with Crippen LogP contribution in [0, 0.1) is 60.7 Å². The average Bonchev–Trinajstić information content (AvgIpc) is 0.737. The van der Waals surface area contributed by atoms with E-state index in [9.17, 15) is 127 Å². The molecule has 650 valence electrons. The van der Waals surface area contributed by atoms with Gasteiger partial charge < -0.3 is 40.6 Å². The van der Waals surface area contributed by atoms with Crippen LogP contribution in [0.4, 0.5) is 98.2 Å². The fourth-order valence-corrected chi connectivity index (χ4v) is 22.3. The van der Waals surface area contributed by atoms with E-state index < -0.39 is 175 Å². The summed E-state index contributed by atoms with van der Waals surface area (Å²) in [5.41, 5.74) is -1.48. The molecular weight excluding hydrogens is 1910 g/mol. The molecule has 46 heteroatoms. The van der Waals surface area contributed by atoms with E-state index in [1.807, 2.05) is 19.1 Å². The third kappa shape index (κ3) is 25.1. The molecule has 0 unspecified atom stereocenters. The molecule has 0 saturated carbocycles. The topological polar surface area (TPSA) is 434 Å². The summed E-state index contributed by atoms with van der Waals surface area (Å²) in [4.78, 5) is 60.4. The Morgan fingerprint density at radius 2 is 0.500 bits per heavy atom. The third-order valence-electron chi connectivity index (χ3n) is 16.7. The minimum absolute atomic E-state index is 0. The van der Waals surface area contributed by atoms with Crippen molar-refractivity contribution in [2.75, 3.05) is 18.1 Å². The van der Waals surface area contributed by atoms with Crippen LogP contribution in [-0.2, 0) is 42.9 Å². The molecule has 0 atom stereocenters. The number of hydrogen-bond acceptors (Lipinski definition) is 18. The van der Waals surface area contributed by atoms with E-state index in [0.717, 1.165) is 18.7 Å². The summed E-state index contributed by atoms with van der Waals surface area (Å²) in [6.45, 7) is 2.79. The molecule has 124 heavy (non-hydrogen) atoms. The molecule has 0 amide bonds. The van der Waals surface area contributed by atoms with Crippen molar-refractivity contribution < 1.29 is 111 Å². The molecule has 0 aliphatic rings. The van der Waals surface area contributed by atoms with Gasteiger partial charge in [-0.05, 0) is 19.1 Å². The predicted octanol–water partition coefficient (Wildman–Crippen LogP) is 17.4. The Kier molecular flexibility index (Phi) is 37.1. The van der Waals surface area contributed by atoms with E-state index >= 15 is 0 Å². The minimum atomic E-state index is -5.07. The summed E-state index contributed by atoms with van der Waals surface area (Å²) in [7, 11) is -2.89. The van der Waals surface area contributed by atoms with E-state index in [1.54, 1.807) is 84.9 Å². The molecule has 0 heterocycles. The number of benzene rings is 12. The summed E-state index contributed by atoms with van der Waals surface area (Å²) >= 11 is 4.44. The van der Waals surface area contributed by atoms with Crippen LogP contribution < -0.4 is 69.8 Å². The molecule has 12 aromatic carbocycles. The Bertz CT molecular complexity index is 5400. The number of nitrogen functional groups attached to an aromatic ring is 2. The van der Waals surface area contributed by atoms with Gasteiger partial charge in [-0.3, -0.25) is 60.7 Å². The maximum atomic E-state index is 14.3. The predicted molar refractivity (Wildman–Crippen MR) is 453 cm³/mol. The van der Waals surface area contributed by atoms with Gasteiger partial charge in [-0.1, -0.05) is 254 Å².